The van der Waals surface area contributed by atoms with E-state index < -0.39 is 5.97 Å². The van der Waals surface area contributed by atoms with E-state index in [0.717, 1.165) is 55.5 Å². The molecule has 0 spiro atoms. The summed E-state index contributed by atoms with van der Waals surface area (Å²) in [7, 11) is 0. The van der Waals surface area contributed by atoms with Crippen molar-refractivity contribution in [3.05, 3.63) is 24.3 Å². The molecule has 3 saturated heterocycles. The van der Waals surface area contributed by atoms with Crippen LogP contribution in [0, 0.1) is 17.8 Å². The van der Waals surface area contributed by atoms with Crippen LogP contribution in [-0.2, 0) is 4.79 Å². The van der Waals surface area contributed by atoms with E-state index in [1.54, 1.807) is 0 Å². The molecule has 3 aliphatic carbocycles. The lowest BCUT2D eigenvalue weighted by Crippen LogP contribution is -2.55. The summed E-state index contributed by atoms with van der Waals surface area (Å²) in [6, 6.07) is 10.7. The van der Waals surface area contributed by atoms with Crippen molar-refractivity contribution >= 4 is 23.0 Å². The molecule has 1 N–H and O–H groups in total. The van der Waals surface area contributed by atoms with Gasteiger partial charge in [0.15, 0.2) is 0 Å². The topological polar surface area (TPSA) is 64.8 Å². The number of fused-ring (bicyclic) bond motifs is 8. The number of rotatable bonds is 5. The van der Waals surface area contributed by atoms with Crippen LogP contribution in [0.4, 0.5) is 5.95 Å². The number of piperazine rings is 1. The van der Waals surface area contributed by atoms with Gasteiger partial charge >= 0.3 is 5.97 Å². The fraction of sp³-hybridized carbons (Fsp3) is 0.742. The van der Waals surface area contributed by atoms with Crippen molar-refractivity contribution in [2.45, 2.75) is 88.8 Å². The molecule has 3 aliphatic heterocycles. The van der Waals surface area contributed by atoms with Gasteiger partial charge in [0, 0.05) is 50.8 Å². The maximum absolute atomic E-state index is 11.3. The van der Waals surface area contributed by atoms with Crippen molar-refractivity contribution in [1.82, 2.24) is 19.4 Å². The molecule has 6 fully saturated rings. The Bertz CT molecular complexity index is 1130. The van der Waals surface area contributed by atoms with Crippen LogP contribution < -0.4 is 4.90 Å². The molecule has 6 aliphatic rings. The van der Waals surface area contributed by atoms with Crippen LogP contribution in [0.3, 0.4) is 0 Å². The molecule has 7 heteroatoms. The molecule has 206 valence electrons. The van der Waals surface area contributed by atoms with Gasteiger partial charge in [-0.15, -0.1) is 0 Å². The number of carboxylic acids is 1. The van der Waals surface area contributed by atoms with E-state index in [9.17, 15) is 9.90 Å². The smallest absolute Gasteiger partial charge is 0.317 e. The first-order valence-corrected chi connectivity index (χ1v) is 15.5. The maximum atomic E-state index is 11.3. The Balaban J connectivity index is 1.17. The first kappa shape index (κ1) is 24.9. The number of aromatic nitrogens is 2. The van der Waals surface area contributed by atoms with Gasteiger partial charge in [0.2, 0.25) is 5.95 Å². The van der Waals surface area contributed by atoms with E-state index in [1.807, 2.05) is 0 Å². The summed E-state index contributed by atoms with van der Waals surface area (Å²) in [6.07, 6.45) is 15.5. The molecule has 4 heterocycles. The highest BCUT2D eigenvalue weighted by atomic mass is 16.4. The average molecular weight is 520 g/mol. The number of piperidine rings is 1. The number of carbonyl (C=O) groups is 1. The number of anilines is 1. The lowest BCUT2D eigenvalue weighted by molar-refractivity contribution is -0.138. The minimum absolute atomic E-state index is 0.134. The molecule has 7 nitrogen and oxygen atoms in total. The van der Waals surface area contributed by atoms with Gasteiger partial charge in [0.1, 0.15) is 0 Å². The predicted octanol–water partition coefficient (Wildman–Crippen LogP) is 5.02. The maximum Gasteiger partial charge on any atom is 0.317 e. The molecule has 2 aromatic rings. The molecule has 1 aromatic heterocycles. The summed E-state index contributed by atoms with van der Waals surface area (Å²) in [4.78, 5) is 24.0. The summed E-state index contributed by atoms with van der Waals surface area (Å²) < 4.78 is 2.64. The highest BCUT2D eigenvalue weighted by Gasteiger charge is 2.44. The van der Waals surface area contributed by atoms with Crippen LogP contribution in [0.25, 0.3) is 11.0 Å². The first-order valence-electron chi connectivity index (χ1n) is 15.5. The summed E-state index contributed by atoms with van der Waals surface area (Å²) >= 11 is 0. The van der Waals surface area contributed by atoms with Crippen LogP contribution in [0.15, 0.2) is 24.3 Å². The Morgan fingerprint density at radius 3 is 2.42 bits per heavy atom. The largest absolute Gasteiger partial charge is 0.480 e. The number of benzene rings is 1. The zero-order valence-corrected chi connectivity index (χ0v) is 22.9. The molecule has 3 saturated carbocycles. The normalized spacial score (nSPS) is 34.8. The Hall–Kier alpha value is -2.12. The zero-order valence-electron chi connectivity index (χ0n) is 22.9. The second-order valence-electron chi connectivity index (χ2n) is 13.1. The fourth-order valence-electron chi connectivity index (χ4n) is 9.11. The van der Waals surface area contributed by atoms with Gasteiger partial charge in [0.25, 0.3) is 0 Å². The van der Waals surface area contributed by atoms with Gasteiger partial charge in [-0.3, -0.25) is 14.6 Å². The molecule has 0 radical (unpaired) electrons. The molecule has 4 bridgehead atoms. The van der Waals surface area contributed by atoms with E-state index >= 15 is 0 Å². The average Bonchev–Trinajstić information content (AvgIpc) is 3.28. The number of hydrogen-bond donors (Lipinski definition) is 1. The van der Waals surface area contributed by atoms with Gasteiger partial charge in [-0.05, 0) is 68.4 Å². The van der Waals surface area contributed by atoms with Crippen molar-refractivity contribution in [1.29, 1.82) is 0 Å². The standard InChI is InChI=1S/C31H45N5O2/c37-30(38)21-33-12-14-34(15-13-33)31-32-27-10-3-4-11-28(27)36(31)29-19-25-9-2-1-8-24(29)20-35(25)26-17-22-6-5-7-23(16-22)18-26/h3-4,10-11,22-26,29H,1-2,5-9,12-21H2,(H,37,38). The summed E-state index contributed by atoms with van der Waals surface area (Å²) in [5.41, 5.74) is 2.38. The summed E-state index contributed by atoms with van der Waals surface area (Å²) in [6.45, 7) is 4.64. The first-order chi connectivity index (χ1) is 18.6. The predicted molar refractivity (Wildman–Crippen MR) is 151 cm³/mol. The van der Waals surface area contributed by atoms with E-state index in [2.05, 4.69) is 43.5 Å². The molecule has 0 amide bonds. The number of nitrogens with zero attached hydrogens (tertiary/aromatic N) is 5. The van der Waals surface area contributed by atoms with Crippen molar-refractivity contribution in [3.8, 4) is 0 Å². The van der Waals surface area contributed by atoms with Gasteiger partial charge < -0.3 is 14.6 Å². The van der Waals surface area contributed by atoms with Gasteiger partial charge in [-0.2, -0.15) is 0 Å². The Morgan fingerprint density at radius 2 is 1.63 bits per heavy atom. The van der Waals surface area contributed by atoms with E-state index in [4.69, 9.17) is 4.98 Å². The number of aliphatic carboxylic acids is 1. The Labute approximate surface area is 227 Å². The molecule has 38 heavy (non-hydrogen) atoms. The highest BCUT2D eigenvalue weighted by molar-refractivity contribution is 5.79. The van der Waals surface area contributed by atoms with E-state index in [0.29, 0.717) is 18.0 Å². The summed E-state index contributed by atoms with van der Waals surface area (Å²) in [5.74, 6) is 3.03. The third-order valence-corrected chi connectivity index (χ3v) is 10.8. The lowest BCUT2D eigenvalue weighted by Gasteiger charge is -2.53. The van der Waals surface area contributed by atoms with E-state index in [1.165, 1.54) is 82.7 Å². The van der Waals surface area contributed by atoms with Crippen LogP contribution in [0.5, 0.6) is 0 Å². The Kier molecular flexibility index (Phi) is 6.85. The summed E-state index contributed by atoms with van der Waals surface area (Å²) in [5, 5.41) is 9.25. The van der Waals surface area contributed by atoms with Crippen molar-refractivity contribution in [3.63, 3.8) is 0 Å². The zero-order chi connectivity index (χ0) is 25.6. The second-order valence-corrected chi connectivity index (χ2v) is 13.1. The highest BCUT2D eigenvalue weighted by Crippen LogP contribution is 2.47. The SMILES string of the molecule is O=C(O)CN1CCN(c2nc3ccccc3n2C2CC3CCCCC2CN3C2CC3CCCC(C3)C2)CC1. The third kappa shape index (κ3) is 4.74. The lowest BCUT2D eigenvalue weighted by atomic mass is 9.68. The van der Waals surface area contributed by atoms with Crippen LogP contribution in [-0.4, -0.2) is 81.8 Å². The molecule has 5 unspecified atom stereocenters. The molecule has 8 rings (SSSR count). The quantitative estimate of drug-likeness (QED) is 0.599. The van der Waals surface area contributed by atoms with Gasteiger partial charge in [0.05, 0.1) is 17.6 Å². The number of imidazole rings is 1. The van der Waals surface area contributed by atoms with Crippen LogP contribution in [0.1, 0.15) is 76.7 Å². The van der Waals surface area contributed by atoms with Crippen molar-refractivity contribution < 1.29 is 9.90 Å². The van der Waals surface area contributed by atoms with Crippen LogP contribution >= 0.6 is 0 Å². The second kappa shape index (κ2) is 10.5. The Morgan fingerprint density at radius 1 is 0.868 bits per heavy atom. The molecule has 5 atom stereocenters. The fourth-order valence-corrected chi connectivity index (χ4v) is 9.11. The number of hydrogen-bond acceptors (Lipinski definition) is 5. The van der Waals surface area contributed by atoms with Gasteiger partial charge in [-0.1, -0.05) is 44.2 Å². The molecular formula is C31H45N5O2. The van der Waals surface area contributed by atoms with Crippen molar-refractivity contribution in [2.75, 3.05) is 44.2 Å². The molecule has 1 aromatic carbocycles. The van der Waals surface area contributed by atoms with E-state index in [-0.39, 0.29) is 6.54 Å². The molecular weight excluding hydrogens is 474 g/mol. The minimum atomic E-state index is -0.734. The minimum Gasteiger partial charge on any atom is -0.480 e. The monoisotopic (exact) mass is 519 g/mol. The number of carboxylic acid groups (broad SMARTS) is 1. The number of para-hydroxylation sites is 2. The third-order valence-electron chi connectivity index (χ3n) is 10.8. The van der Waals surface area contributed by atoms with Crippen molar-refractivity contribution in [2.24, 2.45) is 17.8 Å². The van der Waals surface area contributed by atoms with Crippen LogP contribution in [0.2, 0.25) is 0 Å². The van der Waals surface area contributed by atoms with Gasteiger partial charge in [-0.25, -0.2) is 4.98 Å².